The first-order valence-electron chi connectivity index (χ1n) is 9.98. The first kappa shape index (κ1) is 21.2. The first-order chi connectivity index (χ1) is 15.0. The number of aliphatic hydroxyl groups excluding tert-OH is 1. The number of carbonyl (C=O) groups is 1. The Balaban J connectivity index is 1.68. The quantitative estimate of drug-likeness (QED) is 0.552. The van der Waals surface area contributed by atoms with Crippen LogP contribution in [0.2, 0.25) is 0 Å². The van der Waals surface area contributed by atoms with Crippen molar-refractivity contribution in [1.82, 2.24) is 4.90 Å². The van der Waals surface area contributed by atoms with Gasteiger partial charge < -0.3 is 20.1 Å². The second kappa shape index (κ2) is 9.37. The average molecular weight is 479 g/mol. The van der Waals surface area contributed by atoms with Gasteiger partial charge in [-0.1, -0.05) is 46.3 Å². The number of benzene rings is 3. The van der Waals surface area contributed by atoms with Gasteiger partial charge in [0.25, 0.3) is 5.91 Å². The van der Waals surface area contributed by atoms with Crippen LogP contribution in [0.1, 0.15) is 15.9 Å². The number of nitrogens with one attached hydrogen (secondary N) is 1. The molecule has 3 aromatic carbocycles. The van der Waals surface area contributed by atoms with Crippen molar-refractivity contribution in [2.24, 2.45) is 0 Å². The number of amides is 1. The van der Waals surface area contributed by atoms with E-state index in [0.717, 1.165) is 27.2 Å². The number of aliphatic hydroxyl groups is 1. The molecule has 0 bridgehead atoms. The lowest BCUT2D eigenvalue weighted by Gasteiger charge is -2.36. The third kappa shape index (κ3) is 4.81. The molecule has 1 amide bonds. The zero-order valence-electron chi connectivity index (χ0n) is 17.0. The standard InChI is InChI=1S/C25H23BrN2O3/c1-31-21-13-11-20(12-14-21)27-22-15-23(17-7-9-19(26)10-8-17)28(16-24(22)29)25(30)18-5-3-2-4-6-18/h2-15,22,24,27,29H,16H2,1H3/t22-,24-/m0/s1. The lowest BCUT2D eigenvalue weighted by atomic mass is 9.98. The van der Waals surface area contributed by atoms with Gasteiger partial charge >= 0.3 is 0 Å². The van der Waals surface area contributed by atoms with E-state index in [4.69, 9.17) is 4.74 Å². The van der Waals surface area contributed by atoms with Gasteiger partial charge in [-0.2, -0.15) is 0 Å². The minimum Gasteiger partial charge on any atom is -0.497 e. The molecular formula is C25H23BrN2O3. The van der Waals surface area contributed by atoms with Crippen molar-refractivity contribution in [3.05, 3.63) is 101 Å². The maximum Gasteiger partial charge on any atom is 0.258 e. The number of hydrogen-bond acceptors (Lipinski definition) is 4. The summed E-state index contributed by atoms with van der Waals surface area (Å²) in [5, 5.41) is 14.2. The number of halogens is 1. The molecule has 0 fully saturated rings. The van der Waals surface area contributed by atoms with E-state index in [1.54, 1.807) is 24.1 Å². The van der Waals surface area contributed by atoms with Crippen molar-refractivity contribution in [2.45, 2.75) is 12.1 Å². The molecular weight excluding hydrogens is 456 g/mol. The topological polar surface area (TPSA) is 61.8 Å². The Hall–Kier alpha value is -3.09. The highest BCUT2D eigenvalue weighted by Crippen LogP contribution is 2.29. The number of β-amino-alcohol motifs (C(OH)–C–C–N with tert-alkyl or cyclic N) is 1. The van der Waals surface area contributed by atoms with Gasteiger partial charge in [0.15, 0.2) is 0 Å². The Morgan fingerprint density at radius 3 is 2.35 bits per heavy atom. The van der Waals surface area contributed by atoms with Crippen molar-refractivity contribution in [3.63, 3.8) is 0 Å². The zero-order chi connectivity index (χ0) is 21.8. The fourth-order valence-electron chi connectivity index (χ4n) is 3.59. The van der Waals surface area contributed by atoms with Gasteiger partial charge in [0.1, 0.15) is 5.75 Å². The highest BCUT2D eigenvalue weighted by Gasteiger charge is 2.32. The van der Waals surface area contributed by atoms with Crippen LogP contribution in [0, 0.1) is 0 Å². The second-order valence-electron chi connectivity index (χ2n) is 7.31. The Labute approximate surface area is 190 Å². The molecule has 0 saturated heterocycles. The molecule has 4 rings (SSSR count). The molecule has 158 valence electrons. The number of rotatable bonds is 5. The fraction of sp³-hybridized carbons (Fsp3) is 0.160. The highest BCUT2D eigenvalue weighted by molar-refractivity contribution is 9.10. The summed E-state index contributed by atoms with van der Waals surface area (Å²) < 4.78 is 6.17. The third-order valence-electron chi connectivity index (χ3n) is 5.24. The Morgan fingerprint density at radius 2 is 1.71 bits per heavy atom. The number of nitrogens with zero attached hydrogens (tertiary/aromatic N) is 1. The van der Waals surface area contributed by atoms with Crippen LogP contribution in [0.25, 0.3) is 5.70 Å². The summed E-state index contributed by atoms with van der Waals surface area (Å²) in [6.07, 6.45) is 1.15. The third-order valence-corrected chi connectivity index (χ3v) is 5.77. The average Bonchev–Trinajstić information content (AvgIpc) is 2.81. The molecule has 5 nitrogen and oxygen atoms in total. The normalized spacial score (nSPS) is 18.3. The molecule has 1 aliphatic heterocycles. The van der Waals surface area contributed by atoms with Crippen LogP contribution in [-0.4, -0.2) is 41.7 Å². The van der Waals surface area contributed by atoms with Crippen LogP contribution < -0.4 is 10.1 Å². The van der Waals surface area contributed by atoms with E-state index >= 15 is 0 Å². The van der Waals surface area contributed by atoms with Gasteiger partial charge in [-0.25, -0.2) is 0 Å². The molecule has 31 heavy (non-hydrogen) atoms. The van der Waals surface area contributed by atoms with E-state index in [0.29, 0.717) is 5.56 Å². The van der Waals surface area contributed by atoms with E-state index in [9.17, 15) is 9.90 Å². The molecule has 0 unspecified atom stereocenters. The summed E-state index contributed by atoms with van der Waals surface area (Å²) in [5.74, 6) is 0.622. The van der Waals surface area contributed by atoms with E-state index in [1.807, 2.05) is 72.8 Å². The Morgan fingerprint density at radius 1 is 1.03 bits per heavy atom. The summed E-state index contributed by atoms with van der Waals surface area (Å²) in [7, 11) is 1.62. The van der Waals surface area contributed by atoms with E-state index in [1.165, 1.54) is 0 Å². The van der Waals surface area contributed by atoms with Crippen molar-refractivity contribution >= 4 is 33.2 Å². The van der Waals surface area contributed by atoms with Gasteiger partial charge in [0.2, 0.25) is 0 Å². The van der Waals surface area contributed by atoms with Gasteiger partial charge in [-0.15, -0.1) is 0 Å². The Bertz CT molecular complexity index is 1070. The molecule has 0 aromatic heterocycles. The summed E-state index contributed by atoms with van der Waals surface area (Å²) in [4.78, 5) is 14.9. The van der Waals surface area contributed by atoms with Crippen LogP contribution in [0.3, 0.4) is 0 Å². The van der Waals surface area contributed by atoms with Crippen LogP contribution >= 0.6 is 15.9 Å². The smallest absolute Gasteiger partial charge is 0.258 e. The molecule has 3 aromatic rings. The molecule has 1 aliphatic rings. The molecule has 0 radical (unpaired) electrons. The maximum absolute atomic E-state index is 13.3. The summed E-state index contributed by atoms with van der Waals surface area (Å²) in [5.41, 5.74) is 3.11. The van der Waals surface area contributed by atoms with E-state index < -0.39 is 6.10 Å². The van der Waals surface area contributed by atoms with Crippen molar-refractivity contribution in [3.8, 4) is 5.75 Å². The fourth-order valence-corrected chi connectivity index (χ4v) is 3.85. The predicted octanol–water partition coefficient (Wildman–Crippen LogP) is 4.80. The molecule has 0 spiro atoms. The van der Waals surface area contributed by atoms with Crippen molar-refractivity contribution in [1.29, 1.82) is 0 Å². The number of carbonyl (C=O) groups excluding carboxylic acids is 1. The molecule has 2 N–H and O–H groups in total. The zero-order valence-corrected chi connectivity index (χ0v) is 18.6. The maximum atomic E-state index is 13.3. The minimum atomic E-state index is -0.769. The monoisotopic (exact) mass is 478 g/mol. The molecule has 0 saturated carbocycles. The molecule has 2 atom stereocenters. The summed E-state index contributed by atoms with van der Waals surface area (Å²) in [6, 6.07) is 24.1. The molecule has 1 heterocycles. The number of anilines is 1. The highest BCUT2D eigenvalue weighted by atomic mass is 79.9. The lowest BCUT2D eigenvalue weighted by Crippen LogP contribution is -2.47. The summed E-state index contributed by atoms with van der Waals surface area (Å²) >= 11 is 3.47. The molecule has 0 aliphatic carbocycles. The SMILES string of the molecule is COc1ccc(N[C@H]2C=C(c3ccc(Br)cc3)N(C(=O)c3ccccc3)C[C@@H]2O)cc1. The van der Waals surface area contributed by atoms with Crippen molar-refractivity contribution in [2.75, 3.05) is 19.0 Å². The van der Waals surface area contributed by atoms with Gasteiger partial charge in [-0.3, -0.25) is 4.79 Å². The molecule has 6 heteroatoms. The second-order valence-corrected chi connectivity index (χ2v) is 8.22. The van der Waals surface area contributed by atoms with Crippen LogP contribution in [-0.2, 0) is 0 Å². The number of hydrogen-bond donors (Lipinski definition) is 2. The lowest BCUT2D eigenvalue weighted by molar-refractivity contribution is 0.0708. The van der Waals surface area contributed by atoms with E-state index in [-0.39, 0.29) is 18.5 Å². The van der Waals surface area contributed by atoms with Crippen LogP contribution in [0.15, 0.2) is 89.4 Å². The summed E-state index contributed by atoms with van der Waals surface area (Å²) in [6.45, 7) is 0.184. The van der Waals surface area contributed by atoms with Crippen molar-refractivity contribution < 1.29 is 14.6 Å². The van der Waals surface area contributed by atoms with Gasteiger partial charge in [0, 0.05) is 21.4 Å². The predicted molar refractivity (Wildman–Crippen MR) is 126 cm³/mol. The van der Waals surface area contributed by atoms with E-state index in [2.05, 4.69) is 21.2 Å². The van der Waals surface area contributed by atoms with Gasteiger partial charge in [0.05, 0.1) is 25.8 Å². The minimum absolute atomic E-state index is 0.142. The largest absolute Gasteiger partial charge is 0.497 e. The Kier molecular flexibility index (Phi) is 6.39. The number of methoxy groups -OCH3 is 1. The van der Waals surface area contributed by atoms with Crippen LogP contribution in [0.4, 0.5) is 5.69 Å². The number of ether oxygens (including phenoxy) is 1. The first-order valence-corrected chi connectivity index (χ1v) is 10.8. The van der Waals surface area contributed by atoms with Gasteiger partial charge in [-0.05, 0) is 60.2 Å². The van der Waals surface area contributed by atoms with Crippen LogP contribution in [0.5, 0.6) is 5.75 Å².